The Labute approximate surface area is 208 Å². The fraction of sp³-hybridized carbons (Fsp3) is 0.353. The van der Waals surface area contributed by atoms with Gasteiger partial charge in [-0.15, -0.1) is 11.8 Å². The number of nitrogen functional groups attached to an aromatic ring is 1. The Kier molecular flexibility index (Phi) is 8.41. The third-order valence-electron chi connectivity index (χ3n) is 4.39. The maximum atomic E-state index is 12.9. The molecule has 0 spiro atoms. The molecule has 16 heteroatoms. The lowest BCUT2D eigenvalue weighted by atomic mass is 10.0. The molecule has 1 aromatic heterocycles. The summed E-state index contributed by atoms with van der Waals surface area (Å²) in [4.78, 5) is 48.0. The van der Waals surface area contributed by atoms with E-state index in [1.807, 2.05) is 0 Å². The molecule has 0 radical (unpaired) electrons. The fourth-order valence-electron chi connectivity index (χ4n) is 2.92. The molecule has 0 bridgehead atoms. The highest BCUT2D eigenvalue weighted by molar-refractivity contribution is 9.11. The van der Waals surface area contributed by atoms with Gasteiger partial charge in [-0.1, -0.05) is 34.3 Å². The van der Waals surface area contributed by atoms with Crippen molar-refractivity contribution in [2.45, 2.75) is 17.5 Å². The minimum absolute atomic E-state index is 0.151. The SMILES string of the molecule is CO/N=C(\C(=O)NC1C(=O)N2C(C(=O)O)=C(S/C=C\[C@@H](N)CO)CS[C@H]12)c1nc(N)sc1Br. The molecule has 3 rings (SSSR count). The zero-order valence-corrected chi connectivity index (χ0v) is 21.0. The van der Waals surface area contributed by atoms with Crippen LogP contribution in [0.5, 0.6) is 0 Å². The Morgan fingerprint density at radius 2 is 2.27 bits per heavy atom. The van der Waals surface area contributed by atoms with Gasteiger partial charge in [0.25, 0.3) is 11.8 Å². The number of β-lactam (4-membered cyclic amide) rings is 1. The molecule has 1 saturated heterocycles. The normalized spacial score (nSPS) is 21.6. The van der Waals surface area contributed by atoms with Crippen molar-refractivity contribution in [3.8, 4) is 0 Å². The molecule has 3 heterocycles. The van der Waals surface area contributed by atoms with Crippen molar-refractivity contribution in [3.05, 3.63) is 31.6 Å². The number of aromatic nitrogens is 1. The Bertz CT molecular complexity index is 1060. The molecular formula is C17H19BrN6O6S3. The number of carboxylic acids is 1. The van der Waals surface area contributed by atoms with Crippen molar-refractivity contribution in [1.29, 1.82) is 0 Å². The predicted octanol–water partition coefficient (Wildman–Crippen LogP) is 0.101. The number of hydrogen-bond acceptors (Lipinski definition) is 12. The van der Waals surface area contributed by atoms with E-state index in [1.165, 1.54) is 24.9 Å². The second kappa shape index (κ2) is 10.9. The van der Waals surface area contributed by atoms with E-state index in [1.54, 1.807) is 5.41 Å². The van der Waals surface area contributed by atoms with Gasteiger partial charge in [-0.2, -0.15) is 0 Å². The highest BCUT2D eigenvalue weighted by Gasteiger charge is 2.54. The summed E-state index contributed by atoms with van der Waals surface area (Å²) in [6.45, 7) is -0.247. The summed E-state index contributed by atoms with van der Waals surface area (Å²) in [5, 5.41) is 26.2. The van der Waals surface area contributed by atoms with E-state index in [2.05, 4.69) is 31.4 Å². The number of nitrogens with one attached hydrogen (secondary N) is 1. The van der Waals surface area contributed by atoms with Crippen LogP contribution in [0.2, 0.25) is 0 Å². The van der Waals surface area contributed by atoms with E-state index in [0.29, 0.717) is 14.4 Å². The molecule has 1 unspecified atom stereocenters. The average molecular weight is 579 g/mol. The van der Waals surface area contributed by atoms with Crippen LogP contribution in [0.25, 0.3) is 0 Å². The maximum absolute atomic E-state index is 12.9. The molecule has 0 saturated carbocycles. The van der Waals surface area contributed by atoms with Gasteiger partial charge in [0.2, 0.25) is 0 Å². The first-order valence-corrected chi connectivity index (χ1v) is 12.7. The van der Waals surface area contributed by atoms with Crippen LogP contribution in [0.15, 0.2) is 31.0 Å². The largest absolute Gasteiger partial charge is 0.477 e. The van der Waals surface area contributed by atoms with E-state index < -0.39 is 35.2 Å². The second-order valence-electron chi connectivity index (χ2n) is 6.53. The van der Waals surface area contributed by atoms with Crippen molar-refractivity contribution < 1.29 is 29.4 Å². The predicted molar refractivity (Wildman–Crippen MR) is 129 cm³/mol. The summed E-state index contributed by atoms with van der Waals surface area (Å²) in [5.41, 5.74) is 11.1. The smallest absolute Gasteiger partial charge is 0.353 e. The number of carbonyl (C=O) groups excluding carboxylic acids is 2. The van der Waals surface area contributed by atoms with Crippen LogP contribution in [0.4, 0.5) is 5.13 Å². The van der Waals surface area contributed by atoms with Crippen LogP contribution in [0, 0.1) is 0 Å². The number of fused-ring (bicyclic) bond motifs is 1. The number of carboxylic acid groups (broad SMARTS) is 1. The van der Waals surface area contributed by atoms with E-state index in [0.717, 1.165) is 28.0 Å². The average Bonchev–Trinajstić information content (AvgIpc) is 3.11. The lowest BCUT2D eigenvalue weighted by Crippen LogP contribution is -2.71. The minimum atomic E-state index is -1.26. The number of nitrogens with zero attached hydrogens (tertiary/aromatic N) is 3. The van der Waals surface area contributed by atoms with E-state index in [4.69, 9.17) is 21.4 Å². The van der Waals surface area contributed by atoms with Gasteiger partial charge in [0.1, 0.15) is 33.7 Å². The Morgan fingerprint density at radius 3 is 2.85 bits per heavy atom. The lowest BCUT2D eigenvalue weighted by molar-refractivity contribution is -0.150. The third-order valence-corrected chi connectivity index (χ3v) is 8.31. The summed E-state index contributed by atoms with van der Waals surface area (Å²) in [6.07, 6.45) is 1.54. The maximum Gasteiger partial charge on any atom is 0.353 e. The molecule has 2 amide bonds. The van der Waals surface area contributed by atoms with Crippen LogP contribution in [-0.2, 0) is 19.2 Å². The molecule has 33 heavy (non-hydrogen) atoms. The number of thiazole rings is 1. The Morgan fingerprint density at radius 1 is 1.55 bits per heavy atom. The monoisotopic (exact) mass is 578 g/mol. The standard InChI is InChI=1S/C17H19BrN6O6S3/c1-30-23-9(8-12(18)33-17(20)22-8)13(26)21-10-14(27)24-11(16(28)29)7(5-32-15(10)24)31-3-2-6(19)4-25/h2-3,6,10,15,25H,4-5,19H2,1H3,(H2,20,22)(H,21,26)(H,28,29)/b3-2-,23-9-/t6-,10?,15-/m1/s1. The summed E-state index contributed by atoms with van der Waals surface area (Å²) in [7, 11) is 1.26. The van der Waals surface area contributed by atoms with Gasteiger partial charge >= 0.3 is 5.97 Å². The highest BCUT2D eigenvalue weighted by Crippen LogP contribution is 2.43. The number of amides is 2. The lowest BCUT2D eigenvalue weighted by Gasteiger charge is -2.49. The molecule has 2 aliphatic heterocycles. The first-order chi connectivity index (χ1) is 15.7. The number of halogens is 1. The van der Waals surface area contributed by atoms with Crippen molar-refractivity contribution in [2.24, 2.45) is 10.9 Å². The number of hydrogen-bond donors (Lipinski definition) is 5. The molecule has 2 aliphatic rings. The van der Waals surface area contributed by atoms with Crippen LogP contribution in [-0.4, -0.2) is 80.5 Å². The molecule has 1 fully saturated rings. The van der Waals surface area contributed by atoms with Gasteiger partial charge in [-0.25, -0.2) is 9.78 Å². The van der Waals surface area contributed by atoms with E-state index >= 15 is 0 Å². The van der Waals surface area contributed by atoms with Crippen molar-refractivity contribution in [3.63, 3.8) is 0 Å². The number of aliphatic hydroxyl groups excluding tert-OH is 1. The summed E-state index contributed by atoms with van der Waals surface area (Å²) in [5.74, 6) is -2.24. The van der Waals surface area contributed by atoms with Gasteiger partial charge in [0.05, 0.1) is 6.61 Å². The van der Waals surface area contributed by atoms with Gasteiger partial charge in [-0.05, 0) is 21.3 Å². The number of anilines is 1. The molecule has 1 aromatic rings. The summed E-state index contributed by atoms with van der Waals surface area (Å²) >= 11 is 6.78. The molecule has 0 aliphatic carbocycles. The van der Waals surface area contributed by atoms with Crippen molar-refractivity contribution in [2.75, 3.05) is 25.2 Å². The van der Waals surface area contributed by atoms with Crippen LogP contribution in [0.3, 0.4) is 0 Å². The molecule has 0 aromatic carbocycles. The zero-order chi connectivity index (χ0) is 24.3. The number of rotatable bonds is 9. The first-order valence-electron chi connectivity index (χ1n) is 9.14. The molecule has 7 N–H and O–H groups in total. The molecular weight excluding hydrogens is 560 g/mol. The molecule has 178 valence electrons. The van der Waals surface area contributed by atoms with Crippen molar-refractivity contribution >= 4 is 79.4 Å². The highest BCUT2D eigenvalue weighted by atomic mass is 79.9. The number of nitrogens with two attached hydrogens (primary N) is 2. The van der Waals surface area contributed by atoms with Gasteiger partial charge in [0.15, 0.2) is 10.8 Å². The Hall–Kier alpha value is -2.11. The fourth-order valence-corrected chi connectivity index (χ4v) is 6.67. The van der Waals surface area contributed by atoms with Crippen molar-refractivity contribution in [1.82, 2.24) is 15.2 Å². The molecule has 3 atom stereocenters. The number of thioether (sulfide) groups is 2. The number of carbonyl (C=O) groups is 3. The van der Waals surface area contributed by atoms with E-state index in [-0.39, 0.29) is 28.8 Å². The van der Waals surface area contributed by atoms with Crippen LogP contribution in [0.1, 0.15) is 5.69 Å². The number of aliphatic carboxylic acids is 1. The van der Waals surface area contributed by atoms with Gasteiger partial charge in [0, 0.05) is 16.7 Å². The number of aliphatic hydroxyl groups is 1. The van der Waals surface area contributed by atoms with Crippen LogP contribution >= 0.6 is 50.8 Å². The van der Waals surface area contributed by atoms with Gasteiger partial charge in [-0.3, -0.25) is 14.5 Å². The summed E-state index contributed by atoms with van der Waals surface area (Å²) in [6, 6.07) is -1.53. The van der Waals surface area contributed by atoms with Gasteiger partial charge < -0.3 is 31.8 Å². The first kappa shape index (κ1) is 25.5. The van der Waals surface area contributed by atoms with E-state index in [9.17, 15) is 19.5 Å². The zero-order valence-electron chi connectivity index (χ0n) is 16.9. The molecule has 12 nitrogen and oxygen atoms in total. The topological polar surface area (TPSA) is 193 Å². The quantitative estimate of drug-likeness (QED) is 0.151. The second-order valence-corrected chi connectivity index (χ2v) is 11.0. The summed E-state index contributed by atoms with van der Waals surface area (Å²) < 4.78 is 0.464. The van der Waals surface area contributed by atoms with Crippen LogP contribution < -0.4 is 16.8 Å². The third kappa shape index (κ3) is 5.36. The Balaban J connectivity index is 1.77. The number of oxime groups is 1. The minimum Gasteiger partial charge on any atom is -0.477 e.